The lowest BCUT2D eigenvalue weighted by atomic mass is 9.68. The summed E-state index contributed by atoms with van der Waals surface area (Å²) in [6, 6.07) is -0.867. The summed E-state index contributed by atoms with van der Waals surface area (Å²) < 4.78 is 57.6. The van der Waals surface area contributed by atoms with Gasteiger partial charge in [-0.25, -0.2) is 0 Å². The van der Waals surface area contributed by atoms with Crippen LogP contribution in [-0.4, -0.2) is 164 Å². The van der Waals surface area contributed by atoms with Crippen LogP contribution < -0.4 is 0 Å². The molecule has 0 saturated carbocycles. The molecule has 19 atom stereocenters. The Hall–Kier alpha value is -2.28. The van der Waals surface area contributed by atoms with Crippen LogP contribution in [0.15, 0.2) is 0 Å². The molecule has 338 valence electrons. The number of aliphatic hydroxyl groups is 1. The Morgan fingerprint density at radius 1 is 0.915 bits per heavy atom. The van der Waals surface area contributed by atoms with Crippen molar-refractivity contribution in [3.05, 3.63) is 0 Å². The zero-order chi connectivity index (χ0) is 44.3. The number of likely N-dealkylation sites (N-methyl/N-ethyl adjacent to an activating group) is 2. The van der Waals surface area contributed by atoms with Gasteiger partial charge < -0.3 is 57.5 Å². The molecular formula is C43H72N2O14. The van der Waals surface area contributed by atoms with E-state index in [4.69, 9.17) is 42.6 Å². The van der Waals surface area contributed by atoms with Gasteiger partial charge in [0.25, 0.3) is 5.91 Å². The SMILES string of the molecule is CC[C@H]1OC(=O)[C@H](C)[C@@H](O[C@H]2C[C@@](C)(OC)[C@@H](O)[C@H](C)O2)[C@H](C)[C@@H](O[C@@H]2O[C@H](C)C[C@H](N(C)C)[C@H]2OC(C)=O)[C@](C)(OC)C[C@@H](C)C(=O)[C@H](C)C2N(C)C(=O)C23O[C@]13C. The Kier molecular flexibility index (Phi) is 14.1. The zero-order valence-corrected chi connectivity index (χ0v) is 38.1. The summed E-state index contributed by atoms with van der Waals surface area (Å²) in [6.45, 7) is 19.5. The lowest BCUT2D eigenvalue weighted by Crippen LogP contribution is -2.72. The second kappa shape index (κ2) is 17.5. The molecule has 0 radical (unpaired) electrons. The third-order valence-corrected chi connectivity index (χ3v) is 14.4. The normalized spacial score (nSPS) is 48.5. The highest BCUT2D eigenvalue weighted by Gasteiger charge is 2.86. The maximum atomic E-state index is 14.6. The highest BCUT2D eigenvalue weighted by molar-refractivity contribution is 6.00. The number of hydrogen-bond donors (Lipinski definition) is 1. The molecule has 16 heteroatoms. The number of esters is 2. The summed E-state index contributed by atoms with van der Waals surface area (Å²) in [6.07, 6.45) is -6.47. The number of Topliss-reactive ketones (excluding diaryl/α,β-unsaturated/α-hetero) is 1. The molecule has 0 aromatic rings. The number of β-lactam (4-membered cyclic amide) rings is 1. The Morgan fingerprint density at radius 3 is 2.10 bits per heavy atom. The van der Waals surface area contributed by atoms with E-state index in [0.29, 0.717) is 12.8 Å². The van der Waals surface area contributed by atoms with Crippen molar-refractivity contribution in [3.63, 3.8) is 0 Å². The van der Waals surface area contributed by atoms with Crippen LogP contribution in [0.3, 0.4) is 0 Å². The minimum atomic E-state index is -1.33. The van der Waals surface area contributed by atoms with Crippen LogP contribution in [0.25, 0.3) is 0 Å². The lowest BCUT2D eigenvalue weighted by molar-refractivity contribution is -0.320. The number of cyclic esters (lactones) is 1. The molecule has 16 nitrogen and oxygen atoms in total. The van der Waals surface area contributed by atoms with Crippen LogP contribution in [-0.2, 0) is 61.8 Å². The van der Waals surface area contributed by atoms with Crippen LogP contribution in [0.5, 0.6) is 0 Å². The van der Waals surface area contributed by atoms with Gasteiger partial charge in [0.15, 0.2) is 18.7 Å². The van der Waals surface area contributed by atoms with Crippen molar-refractivity contribution in [1.29, 1.82) is 0 Å². The van der Waals surface area contributed by atoms with E-state index < -0.39 is 113 Å². The molecule has 2 unspecified atom stereocenters. The second-order valence-electron chi connectivity index (χ2n) is 18.8. The Balaban J connectivity index is 1.66. The summed E-state index contributed by atoms with van der Waals surface area (Å²) in [5.41, 5.74) is -4.81. The summed E-state index contributed by atoms with van der Waals surface area (Å²) in [5, 5.41) is 11.1. The lowest BCUT2D eigenvalue weighted by Gasteiger charge is -2.50. The molecule has 1 N–H and O–H groups in total. The monoisotopic (exact) mass is 840 g/mol. The van der Waals surface area contributed by atoms with Gasteiger partial charge in [-0.15, -0.1) is 0 Å². The van der Waals surface area contributed by atoms with Crippen LogP contribution in [0.4, 0.5) is 0 Å². The fourth-order valence-electron chi connectivity index (χ4n) is 10.8. The van der Waals surface area contributed by atoms with Gasteiger partial charge in [0.05, 0.1) is 53.6 Å². The molecule has 1 spiro atoms. The number of ether oxygens (including phenoxy) is 9. The van der Waals surface area contributed by atoms with Crippen LogP contribution in [0.1, 0.15) is 102 Å². The van der Waals surface area contributed by atoms with Crippen molar-refractivity contribution in [2.45, 2.75) is 192 Å². The summed E-state index contributed by atoms with van der Waals surface area (Å²) in [7, 11) is 8.53. The number of nitrogens with zero attached hydrogens (tertiary/aromatic N) is 2. The van der Waals surface area contributed by atoms with Crippen molar-refractivity contribution in [2.75, 3.05) is 35.4 Å². The molecule has 0 aliphatic carbocycles. The van der Waals surface area contributed by atoms with Gasteiger partial charge in [0.2, 0.25) is 5.60 Å². The molecule has 5 aliphatic rings. The third-order valence-electron chi connectivity index (χ3n) is 14.4. The zero-order valence-electron chi connectivity index (χ0n) is 38.1. The van der Waals surface area contributed by atoms with Crippen molar-refractivity contribution in [3.8, 4) is 0 Å². The quantitative estimate of drug-likeness (QED) is 0.203. The van der Waals surface area contributed by atoms with Gasteiger partial charge in [-0.2, -0.15) is 0 Å². The van der Waals surface area contributed by atoms with E-state index in [1.54, 1.807) is 46.8 Å². The maximum absolute atomic E-state index is 14.6. The molecule has 0 bridgehead atoms. The highest BCUT2D eigenvalue weighted by Crippen LogP contribution is 2.62. The minimum absolute atomic E-state index is 0.0997. The molecular weight excluding hydrogens is 768 g/mol. The summed E-state index contributed by atoms with van der Waals surface area (Å²) in [4.78, 5) is 59.1. The predicted octanol–water partition coefficient (Wildman–Crippen LogP) is 3.27. The maximum Gasteiger partial charge on any atom is 0.311 e. The number of rotatable bonds is 9. The van der Waals surface area contributed by atoms with E-state index >= 15 is 0 Å². The van der Waals surface area contributed by atoms with Crippen molar-refractivity contribution < 1.29 is 66.9 Å². The number of likely N-dealkylation sites (tertiary alicyclic amines) is 1. The number of methoxy groups -OCH3 is 2. The number of aliphatic hydroxyl groups excluding tert-OH is 1. The first-order valence-electron chi connectivity index (χ1n) is 21.3. The van der Waals surface area contributed by atoms with E-state index in [-0.39, 0.29) is 36.7 Å². The molecule has 0 aromatic heterocycles. The first-order chi connectivity index (χ1) is 27.4. The number of carbonyl (C=O) groups is 4. The number of epoxide rings is 1. The summed E-state index contributed by atoms with van der Waals surface area (Å²) in [5.74, 6) is -4.44. The van der Waals surface area contributed by atoms with Gasteiger partial charge in [0, 0.05) is 52.4 Å². The Morgan fingerprint density at radius 2 is 1.54 bits per heavy atom. The minimum Gasteiger partial charge on any atom is -0.459 e. The van der Waals surface area contributed by atoms with E-state index in [1.807, 2.05) is 60.5 Å². The molecule has 59 heavy (non-hydrogen) atoms. The van der Waals surface area contributed by atoms with Crippen LogP contribution in [0.2, 0.25) is 0 Å². The topological polar surface area (TPSA) is 181 Å². The van der Waals surface area contributed by atoms with Crippen molar-refractivity contribution >= 4 is 23.6 Å². The molecule has 5 saturated heterocycles. The average molecular weight is 841 g/mol. The fraction of sp³-hybridized carbons (Fsp3) is 0.907. The number of ketones is 1. The fourth-order valence-corrected chi connectivity index (χ4v) is 10.8. The van der Waals surface area contributed by atoms with Gasteiger partial charge in [-0.3, -0.25) is 19.2 Å². The standard InChI is InChI=1S/C43H72N2O14/c1-17-29-42(11)43(59-42)34(45(14)39(43)50)23(4)31(47)21(2)19-41(10,52-16)36(58-38-33(55-27(8)46)28(44(12)13)18-22(3)53-38)24(5)32(25(6)37(49)56-29)57-30-20-40(9,51-15)35(48)26(7)54-30/h21-26,28-30,32-36,38,48H,17-20H2,1-16H3/t21-,22-,23+,24+,25-,26+,28+,29-,30+,32+,33-,34?,35+,36-,38+,40-,41-,42-,43?/m1/s1. The van der Waals surface area contributed by atoms with E-state index in [2.05, 4.69) is 0 Å². The van der Waals surface area contributed by atoms with Gasteiger partial charge >= 0.3 is 11.9 Å². The molecule has 5 fully saturated rings. The van der Waals surface area contributed by atoms with E-state index in [9.17, 15) is 24.3 Å². The molecule has 5 rings (SSSR count). The van der Waals surface area contributed by atoms with Gasteiger partial charge in [-0.05, 0) is 74.9 Å². The average Bonchev–Trinajstić information content (AvgIpc) is 3.83. The van der Waals surface area contributed by atoms with E-state index in [0.717, 1.165) is 0 Å². The second-order valence-corrected chi connectivity index (χ2v) is 18.8. The number of carbonyl (C=O) groups excluding carboxylic acids is 4. The highest BCUT2D eigenvalue weighted by atomic mass is 16.7. The largest absolute Gasteiger partial charge is 0.459 e. The Bertz CT molecular complexity index is 1570. The summed E-state index contributed by atoms with van der Waals surface area (Å²) >= 11 is 0. The van der Waals surface area contributed by atoms with Crippen LogP contribution >= 0.6 is 0 Å². The number of amides is 1. The van der Waals surface area contributed by atoms with Gasteiger partial charge in [-0.1, -0.05) is 27.7 Å². The third kappa shape index (κ3) is 8.36. The first-order valence-corrected chi connectivity index (χ1v) is 21.3. The van der Waals surface area contributed by atoms with Gasteiger partial charge in [0.1, 0.15) is 23.6 Å². The smallest absolute Gasteiger partial charge is 0.311 e. The number of hydrogen-bond acceptors (Lipinski definition) is 15. The predicted molar refractivity (Wildman–Crippen MR) is 213 cm³/mol. The molecule has 5 heterocycles. The van der Waals surface area contributed by atoms with Crippen LogP contribution in [0, 0.1) is 23.7 Å². The Labute approximate surface area is 350 Å². The first kappa shape index (κ1) is 47.8. The van der Waals surface area contributed by atoms with E-state index in [1.165, 1.54) is 14.0 Å². The molecule has 0 aromatic carbocycles. The van der Waals surface area contributed by atoms with Crippen molar-refractivity contribution in [1.82, 2.24) is 9.80 Å². The molecule has 5 aliphatic heterocycles. The molecule has 1 amide bonds. The van der Waals surface area contributed by atoms with Crippen molar-refractivity contribution in [2.24, 2.45) is 23.7 Å².